The molecule has 1 amide bonds. The van der Waals surface area contributed by atoms with Crippen molar-refractivity contribution in [3.8, 4) is 11.5 Å². The lowest BCUT2D eigenvalue weighted by atomic mass is 9.86. The molecule has 0 aromatic heterocycles. The Hall–Kier alpha value is -3.60. The van der Waals surface area contributed by atoms with Crippen molar-refractivity contribution in [1.29, 1.82) is 0 Å². The molecule has 166 valence electrons. The van der Waals surface area contributed by atoms with Gasteiger partial charge in [0.05, 0.1) is 6.21 Å². The van der Waals surface area contributed by atoms with E-state index in [0.29, 0.717) is 12.4 Å². The lowest BCUT2D eigenvalue weighted by Gasteiger charge is -2.22. The van der Waals surface area contributed by atoms with E-state index in [-0.39, 0.29) is 17.9 Å². The first-order valence-corrected chi connectivity index (χ1v) is 10.6. The molecule has 0 aliphatic rings. The number of aryl methyl sites for hydroxylation is 1. The third-order valence-corrected chi connectivity index (χ3v) is 4.86. The second kappa shape index (κ2) is 10.6. The molecule has 0 fully saturated rings. The lowest BCUT2D eigenvalue weighted by molar-refractivity contribution is -0.123. The van der Waals surface area contributed by atoms with Crippen LogP contribution in [0.3, 0.4) is 0 Å². The Morgan fingerprint density at radius 3 is 2.31 bits per heavy atom. The Balaban J connectivity index is 1.45. The van der Waals surface area contributed by atoms with Crippen LogP contribution in [0.5, 0.6) is 11.5 Å². The predicted octanol–water partition coefficient (Wildman–Crippen LogP) is 5.40. The normalized spacial score (nSPS) is 11.4. The summed E-state index contributed by atoms with van der Waals surface area (Å²) in [6, 6.07) is 23.5. The minimum absolute atomic E-state index is 0.0682. The topological polar surface area (TPSA) is 59.9 Å². The van der Waals surface area contributed by atoms with E-state index in [1.54, 1.807) is 6.21 Å². The number of benzene rings is 3. The number of carbonyl (C=O) groups is 1. The van der Waals surface area contributed by atoms with Crippen LogP contribution in [0.1, 0.15) is 43.0 Å². The Labute approximate surface area is 190 Å². The zero-order valence-corrected chi connectivity index (χ0v) is 19.1. The smallest absolute Gasteiger partial charge is 0.277 e. The van der Waals surface area contributed by atoms with Gasteiger partial charge in [-0.05, 0) is 59.4 Å². The summed E-state index contributed by atoms with van der Waals surface area (Å²) in [6.07, 6.45) is 1.59. The predicted molar refractivity (Wildman–Crippen MR) is 128 cm³/mol. The second-order valence-corrected chi connectivity index (χ2v) is 8.67. The molecule has 3 aromatic carbocycles. The number of carbonyl (C=O) groups excluding carboxylic acids is 1. The van der Waals surface area contributed by atoms with Gasteiger partial charge < -0.3 is 9.47 Å². The molecule has 0 heterocycles. The average molecular weight is 431 g/mol. The Kier molecular flexibility index (Phi) is 7.66. The minimum Gasteiger partial charge on any atom is -0.489 e. The lowest BCUT2D eigenvalue weighted by Crippen LogP contribution is -2.25. The second-order valence-electron chi connectivity index (χ2n) is 8.67. The summed E-state index contributed by atoms with van der Waals surface area (Å²) in [6.45, 7) is 8.81. The van der Waals surface area contributed by atoms with Gasteiger partial charge >= 0.3 is 0 Å². The van der Waals surface area contributed by atoms with Gasteiger partial charge in [-0.3, -0.25) is 4.79 Å². The summed E-state index contributed by atoms with van der Waals surface area (Å²) >= 11 is 0. The fourth-order valence-electron chi connectivity index (χ4n) is 3.07. The van der Waals surface area contributed by atoms with Gasteiger partial charge in [0.25, 0.3) is 5.91 Å². The summed E-state index contributed by atoms with van der Waals surface area (Å²) in [5, 5.41) is 4.01. The van der Waals surface area contributed by atoms with E-state index in [9.17, 15) is 4.79 Å². The van der Waals surface area contributed by atoms with E-state index < -0.39 is 0 Å². The molecule has 0 aliphatic heterocycles. The number of ether oxygens (including phenoxy) is 2. The van der Waals surface area contributed by atoms with Crippen LogP contribution in [0.25, 0.3) is 0 Å². The third-order valence-electron chi connectivity index (χ3n) is 4.86. The van der Waals surface area contributed by atoms with Gasteiger partial charge in [0.1, 0.15) is 18.1 Å². The molecule has 0 radical (unpaired) electrons. The molecule has 0 unspecified atom stereocenters. The molecule has 0 saturated heterocycles. The molecule has 5 heteroatoms. The molecule has 0 saturated carbocycles. The first kappa shape index (κ1) is 23.1. The highest BCUT2D eigenvalue weighted by molar-refractivity contribution is 5.83. The summed E-state index contributed by atoms with van der Waals surface area (Å²) < 4.78 is 11.5. The van der Waals surface area contributed by atoms with Crippen molar-refractivity contribution in [3.63, 3.8) is 0 Å². The molecule has 3 rings (SSSR count). The van der Waals surface area contributed by atoms with Gasteiger partial charge in [0, 0.05) is 0 Å². The highest BCUT2D eigenvalue weighted by atomic mass is 16.5. The van der Waals surface area contributed by atoms with Crippen LogP contribution in [0.15, 0.2) is 77.9 Å². The van der Waals surface area contributed by atoms with Crippen molar-refractivity contribution in [2.75, 3.05) is 6.61 Å². The molecule has 32 heavy (non-hydrogen) atoms. The highest BCUT2D eigenvalue weighted by Gasteiger charge is 2.18. The largest absolute Gasteiger partial charge is 0.489 e. The fraction of sp³-hybridized carbons (Fsp3) is 0.259. The molecule has 0 spiro atoms. The monoisotopic (exact) mass is 430 g/mol. The van der Waals surface area contributed by atoms with Gasteiger partial charge in [0.2, 0.25) is 0 Å². The van der Waals surface area contributed by atoms with E-state index in [0.717, 1.165) is 22.4 Å². The summed E-state index contributed by atoms with van der Waals surface area (Å²) in [4.78, 5) is 12.1. The maximum atomic E-state index is 12.1. The average Bonchev–Trinajstić information content (AvgIpc) is 2.78. The molecule has 0 bridgehead atoms. The van der Waals surface area contributed by atoms with E-state index in [1.807, 2.05) is 48.5 Å². The summed E-state index contributed by atoms with van der Waals surface area (Å²) in [7, 11) is 0. The van der Waals surface area contributed by atoms with Crippen LogP contribution >= 0.6 is 0 Å². The standard InChI is InChI=1S/C27H30N2O3/c1-20-9-11-22(12-10-20)18-31-23-15-13-21(14-16-23)17-28-29-26(30)19-32-25-8-6-5-7-24(25)27(2,3)4/h5-17H,18-19H2,1-4H3,(H,29,30)/b28-17+. The maximum Gasteiger partial charge on any atom is 0.277 e. The van der Waals surface area contributed by atoms with E-state index in [1.165, 1.54) is 5.56 Å². The van der Waals surface area contributed by atoms with Crippen LogP contribution in [0.2, 0.25) is 0 Å². The molecule has 0 atom stereocenters. The van der Waals surface area contributed by atoms with Gasteiger partial charge in [0.15, 0.2) is 6.61 Å². The SMILES string of the molecule is Cc1ccc(COc2ccc(/C=N/NC(=O)COc3ccccc3C(C)(C)C)cc2)cc1. The number of hydrazone groups is 1. The van der Waals surface area contributed by atoms with Crippen LogP contribution < -0.4 is 14.9 Å². The fourth-order valence-corrected chi connectivity index (χ4v) is 3.07. The molecular weight excluding hydrogens is 400 g/mol. The van der Waals surface area contributed by atoms with Crippen LogP contribution in [-0.4, -0.2) is 18.7 Å². The highest BCUT2D eigenvalue weighted by Crippen LogP contribution is 2.30. The van der Waals surface area contributed by atoms with E-state index in [4.69, 9.17) is 9.47 Å². The van der Waals surface area contributed by atoms with Crippen molar-refractivity contribution < 1.29 is 14.3 Å². The zero-order valence-electron chi connectivity index (χ0n) is 19.1. The number of amides is 1. The third kappa shape index (κ3) is 6.98. The van der Waals surface area contributed by atoms with E-state index >= 15 is 0 Å². The van der Waals surface area contributed by atoms with Crippen LogP contribution in [-0.2, 0) is 16.8 Å². The zero-order chi connectivity index (χ0) is 23.0. The van der Waals surface area contributed by atoms with Crippen molar-refractivity contribution in [3.05, 3.63) is 95.1 Å². The Bertz CT molecular complexity index is 1050. The van der Waals surface area contributed by atoms with Gasteiger partial charge in [-0.1, -0.05) is 68.8 Å². The molecule has 0 aliphatic carbocycles. The number of hydrogen-bond donors (Lipinski definition) is 1. The van der Waals surface area contributed by atoms with Crippen LogP contribution in [0.4, 0.5) is 0 Å². The number of nitrogens with one attached hydrogen (secondary N) is 1. The van der Waals surface area contributed by atoms with Crippen molar-refractivity contribution in [2.45, 2.75) is 39.7 Å². The van der Waals surface area contributed by atoms with Crippen molar-refractivity contribution in [1.82, 2.24) is 5.43 Å². The quantitative estimate of drug-likeness (QED) is 0.384. The Morgan fingerprint density at radius 1 is 0.938 bits per heavy atom. The summed E-state index contributed by atoms with van der Waals surface area (Å²) in [5.41, 5.74) is 6.69. The number of rotatable bonds is 8. The summed E-state index contributed by atoms with van der Waals surface area (Å²) in [5.74, 6) is 1.17. The van der Waals surface area contributed by atoms with Crippen molar-refractivity contribution >= 4 is 12.1 Å². The number of para-hydroxylation sites is 1. The number of hydrogen-bond acceptors (Lipinski definition) is 4. The van der Waals surface area contributed by atoms with Gasteiger partial charge in [-0.2, -0.15) is 5.10 Å². The minimum atomic E-state index is -0.317. The van der Waals surface area contributed by atoms with Gasteiger partial charge in [-0.25, -0.2) is 5.43 Å². The molecule has 3 aromatic rings. The molecular formula is C27H30N2O3. The first-order chi connectivity index (χ1) is 15.3. The van der Waals surface area contributed by atoms with Gasteiger partial charge in [-0.15, -0.1) is 0 Å². The molecule has 5 nitrogen and oxygen atoms in total. The van der Waals surface area contributed by atoms with Crippen LogP contribution in [0, 0.1) is 6.92 Å². The maximum absolute atomic E-state index is 12.1. The molecule has 1 N–H and O–H groups in total. The first-order valence-electron chi connectivity index (χ1n) is 10.6. The van der Waals surface area contributed by atoms with Crippen molar-refractivity contribution in [2.24, 2.45) is 5.10 Å². The number of nitrogens with zero attached hydrogens (tertiary/aromatic N) is 1. The van der Waals surface area contributed by atoms with E-state index in [2.05, 4.69) is 62.5 Å². The Morgan fingerprint density at radius 2 is 1.62 bits per heavy atom.